The quantitative estimate of drug-likeness (QED) is 0.820. The van der Waals surface area contributed by atoms with E-state index < -0.39 is 0 Å². The molecule has 0 bridgehead atoms. The van der Waals surface area contributed by atoms with Gasteiger partial charge in [0.1, 0.15) is 0 Å². The number of likely N-dealkylation sites (tertiary alicyclic amines) is 1. The SMILES string of the molecule is Cc1ccc(C(=O)NC(C)C)cc1NC(=O)CCN1CCCCCC1=O. The van der Waals surface area contributed by atoms with Gasteiger partial charge in [0, 0.05) is 43.2 Å². The molecule has 1 aliphatic heterocycles. The van der Waals surface area contributed by atoms with Crippen molar-refractivity contribution in [3.8, 4) is 0 Å². The topological polar surface area (TPSA) is 78.5 Å². The van der Waals surface area contributed by atoms with Crippen molar-refractivity contribution < 1.29 is 14.4 Å². The molecule has 1 aliphatic rings. The van der Waals surface area contributed by atoms with Gasteiger partial charge in [-0.25, -0.2) is 0 Å². The predicted molar refractivity (Wildman–Crippen MR) is 102 cm³/mol. The summed E-state index contributed by atoms with van der Waals surface area (Å²) in [6.45, 7) is 6.86. The summed E-state index contributed by atoms with van der Waals surface area (Å²) in [6.07, 6.45) is 3.84. The third-order valence-corrected chi connectivity index (χ3v) is 4.47. The Hall–Kier alpha value is -2.37. The number of nitrogens with one attached hydrogen (secondary N) is 2. The van der Waals surface area contributed by atoms with E-state index in [-0.39, 0.29) is 30.2 Å². The average Bonchev–Trinajstić information content (AvgIpc) is 2.78. The van der Waals surface area contributed by atoms with Crippen LogP contribution in [0.1, 0.15) is 61.9 Å². The van der Waals surface area contributed by atoms with Crippen LogP contribution in [0.5, 0.6) is 0 Å². The maximum Gasteiger partial charge on any atom is 0.251 e. The van der Waals surface area contributed by atoms with Gasteiger partial charge in [-0.15, -0.1) is 0 Å². The number of anilines is 1. The molecular weight excluding hydrogens is 330 g/mol. The molecule has 1 aromatic rings. The van der Waals surface area contributed by atoms with Crippen LogP contribution in [0.2, 0.25) is 0 Å². The Morgan fingerprint density at radius 1 is 1.19 bits per heavy atom. The van der Waals surface area contributed by atoms with Gasteiger partial charge in [-0.1, -0.05) is 12.5 Å². The molecule has 142 valence electrons. The summed E-state index contributed by atoms with van der Waals surface area (Å²) in [5.74, 6) is -0.170. The molecule has 3 amide bonds. The molecule has 1 fully saturated rings. The first-order chi connectivity index (χ1) is 12.4. The maximum absolute atomic E-state index is 12.3. The first kappa shape index (κ1) is 19.9. The van der Waals surface area contributed by atoms with E-state index in [1.165, 1.54) is 0 Å². The summed E-state index contributed by atoms with van der Waals surface area (Å²) in [5, 5.41) is 5.71. The second-order valence-electron chi connectivity index (χ2n) is 7.15. The minimum Gasteiger partial charge on any atom is -0.350 e. The highest BCUT2D eigenvalue weighted by Gasteiger charge is 2.18. The molecule has 1 saturated heterocycles. The van der Waals surface area contributed by atoms with Crippen LogP contribution in [-0.2, 0) is 9.59 Å². The third-order valence-electron chi connectivity index (χ3n) is 4.47. The van der Waals surface area contributed by atoms with Crippen LogP contribution in [0.25, 0.3) is 0 Å². The number of rotatable bonds is 6. The van der Waals surface area contributed by atoms with Crippen molar-refractivity contribution in [1.82, 2.24) is 10.2 Å². The van der Waals surface area contributed by atoms with Gasteiger partial charge in [0.15, 0.2) is 0 Å². The van der Waals surface area contributed by atoms with Crippen molar-refractivity contribution in [3.63, 3.8) is 0 Å². The Kier molecular flexibility index (Phi) is 7.18. The Balaban J connectivity index is 1.95. The molecule has 0 unspecified atom stereocenters. The third kappa shape index (κ3) is 5.86. The van der Waals surface area contributed by atoms with Gasteiger partial charge in [-0.2, -0.15) is 0 Å². The largest absolute Gasteiger partial charge is 0.350 e. The van der Waals surface area contributed by atoms with Crippen molar-refractivity contribution in [2.45, 2.75) is 58.9 Å². The van der Waals surface area contributed by atoms with Crippen LogP contribution in [0.3, 0.4) is 0 Å². The smallest absolute Gasteiger partial charge is 0.251 e. The summed E-state index contributed by atoms with van der Waals surface area (Å²) in [5.41, 5.74) is 2.04. The number of aryl methyl sites for hydroxylation is 1. The monoisotopic (exact) mass is 359 g/mol. The fraction of sp³-hybridized carbons (Fsp3) is 0.550. The van der Waals surface area contributed by atoms with Crippen LogP contribution in [-0.4, -0.2) is 41.8 Å². The lowest BCUT2D eigenvalue weighted by atomic mass is 10.1. The number of nitrogens with zero attached hydrogens (tertiary/aromatic N) is 1. The lowest BCUT2D eigenvalue weighted by Gasteiger charge is -2.20. The summed E-state index contributed by atoms with van der Waals surface area (Å²) < 4.78 is 0. The van der Waals surface area contributed by atoms with Crippen molar-refractivity contribution in [3.05, 3.63) is 29.3 Å². The van der Waals surface area contributed by atoms with Gasteiger partial charge in [-0.3, -0.25) is 14.4 Å². The molecule has 6 heteroatoms. The summed E-state index contributed by atoms with van der Waals surface area (Å²) in [7, 11) is 0. The van der Waals surface area contributed by atoms with Gasteiger partial charge >= 0.3 is 0 Å². The van der Waals surface area contributed by atoms with E-state index in [1.807, 2.05) is 26.8 Å². The second kappa shape index (κ2) is 9.36. The van der Waals surface area contributed by atoms with E-state index >= 15 is 0 Å². The fourth-order valence-corrected chi connectivity index (χ4v) is 2.97. The normalized spacial score (nSPS) is 14.9. The first-order valence-electron chi connectivity index (χ1n) is 9.36. The Morgan fingerprint density at radius 2 is 1.96 bits per heavy atom. The molecule has 2 N–H and O–H groups in total. The maximum atomic E-state index is 12.3. The lowest BCUT2D eigenvalue weighted by molar-refractivity contribution is -0.131. The zero-order chi connectivity index (χ0) is 19.1. The highest BCUT2D eigenvalue weighted by atomic mass is 16.2. The zero-order valence-electron chi connectivity index (χ0n) is 15.9. The molecule has 2 rings (SSSR count). The predicted octanol–water partition coefficient (Wildman–Crippen LogP) is 2.86. The molecule has 0 spiro atoms. The van der Waals surface area contributed by atoms with Crippen molar-refractivity contribution in [2.75, 3.05) is 18.4 Å². The summed E-state index contributed by atoms with van der Waals surface area (Å²) >= 11 is 0. The van der Waals surface area contributed by atoms with Gasteiger partial charge in [-0.05, 0) is 51.3 Å². The van der Waals surface area contributed by atoms with E-state index in [4.69, 9.17) is 0 Å². The molecule has 1 aromatic carbocycles. The second-order valence-corrected chi connectivity index (χ2v) is 7.15. The number of carbonyl (C=O) groups is 3. The molecule has 0 atom stereocenters. The lowest BCUT2D eigenvalue weighted by Crippen LogP contribution is -2.33. The number of hydrogen-bond acceptors (Lipinski definition) is 3. The van der Waals surface area contributed by atoms with Gasteiger partial charge in [0.25, 0.3) is 5.91 Å². The molecule has 0 aliphatic carbocycles. The molecular formula is C20H29N3O3. The van der Waals surface area contributed by atoms with Crippen LogP contribution in [0.15, 0.2) is 18.2 Å². The average molecular weight is 359 g/mol. The summed E-state index contributed by atoms with van der Waals surface area (Å²) in [4.78, 5) is 38.2. The molecule has 0 radical (unpaired) electrons. The van der Waals surface area contributed by atoms with Crippen molar-refractivity contribution in [2.24, 2.45) is 0 Å². The number of amides is 3. The van der Waals surface area contributed by atoms with Crippen LogP contribution >= 0.6 is 0 Å². The van der Waals surface area contributed by atoms with E-state index in [0.29, 0.717) is 24.2 Å². The highest BCUT2D eigenvalue weighted by molar-refractivity contribution is 5.98. The Bertz CT molecular complexity index is 670. The minimum atomic E-state index is -0.161. The van der Waals surface area contributed by atoms with E-state index in [2.05, 4.69) is 10.6 Å². The zero-order valence-corrected chi connectivity index (χ0v) is 15.9. The molecule has 0 saturated carbocycles. The van der Waals surface area contributed by atoms with Crippen LogP contribution in [0.4, 0.5) is 5.69 Å². The minimum absolute atomic E-state index is 0.0491. The fourth-order valence-electron chi connectivity index (χ4n) is 2.97. The molecule has 1 heterocycles. The highest BCUT2D eigenvalue weighted by Crippen LogP contribution is 2.18. The van der Waals surface area contributed by atoms with Gasteiger partial charge in [0.2, 0.25) is 11.8 Å². The Morgan fingerprint density at radius 3 is 2.69 bits per heavy atom. The number of carbonyl (C=O) groups excluding carboxylic acids is 3. The molecule has 26 heavy (non-hydrogen) atoms. The van der Waals surface area contributed by atoms with Crippen molar-refractivity contribution in [1.29, 1.82) is 0 Å². The Labute approximate surface area is 155 Å². The van der Waals surface area contributed by atoms with Crippen LogP contribution < -0.4 is 10.6 Å². The van der Waals surface area contributed by atoms with Crippen molar-refractivity contribution >= 4 is 23.4 Å². The molecule has 6 nitrogen and oxygen atoms in total. The van der Waals surface area contributed by atoms with Gasteiger partial charge < -0.3 is 15.5 Å². The van der Waals surface area contributed by atoms with E-state index in [0.717, 1.165) is 31.4 Å². The van der Waals surface area contributed by atoms with Gasteiger partial charge in [0.05, 0.1) is 0 Å². The summed E-state index contributed by atoms with van der Waals surface area (Å²) in [6, 6.07) is 5.32. The van der Waals surface area contributed by atoms with E-state index in [9.17, 15) is 14.4 Å². The first-order valence-corrected chi connectivity index (χ1v) is 9.36. The molecule has 0 aromatic heterocycles. The van der Waals surface area contributed by atoms with Crippen LogP contribution in [0, 0.1) is 6.92 Å². The number of hydrogen-bond donors (Lipinski definition) is 2. The van der Waals surface area contributed by atoms with E-state index in [1.54, 1.807) is 17.0 Å². The standard InChI is InChI=1S/C20H29N3O3/c1-14(2)21-20(26)16-9-8-15(3)17(13-16)22-18(24)10-12-23-11-6-4-5-7-19(23)25/h8-9,13-14H,4-7,10-12H2,1-3H3,(H,21,26)(H,22,24). The number of benzene rings is 1.